The lowest BCUT2D eigenvalue weighted by Gasteiger charge is -2.12. The van der Waals surface area contributed by atoms with E-state index in [0.29, 0.717) is 6.54 Å². The number of halogens is 2. The molecule has 0 heterocycles. The Labute approximate surface area is 116 Å². The fourth-order valence-corrected chi connectivity index (χ4v) is 1.30. The standard InChI is InChI=1S/C13H18N2.2ClH/c1-15(11-7-3-6-10-14)12-13-8-4-2-5-9-13;;/h2,4-5,8-9H,6,10-12,14H2,1H3;2*1H. The molecule has 96 valence electrons. The van der Waals surface area contributed by atoms with Crippen molar-refractivity contribution in [2.45, 2.75) is 13.0 Å². The molecule has 2 nitrogen and oxygen atoms in total. The van der Waals surface area contributed by atoms with Gasteiger partial charge in [-0.2, -0.15) is 0 Å². The van der Waals surface area contributed by atoms with E-state index < -0.39 is 0 Å². The topological polar surface area (TPSA) is 29.3 Å². The Bertz CT molecular complexity index is 330. The third kappa shape index (κ3) is 9.02. The zero-order chi connectivity index (χ0) is 10.9. The van der Waals surface area contributed by atoms with E-state index >= 15 is 0 Å². The van der Waals surface area contributed by atoms with Crippen molar-refractivity contribution >= 4 is 24.8 Å². The molecule has 0 amide bonds. The molecule has 4 heteroatoms. The molecule has 0 saturated carbocycles. The van der Waals surface area contributed by atoms with Crippen LogP contribution in [0.4, 0.5) is 0 Å². The molecule has 0 bridgehead atoms. The molecule has 0 aliphatic carbocycles. The van der Waals surface area contributed by atoms with E-state index in [1.807, 2.05) is 6.07 Å². The Morgan fingerprint density at radius 1 is 1.12 bits per heavy atom. The molecule has 0 saturated heterocycles. The zero-order valence-electron chi connectivity index (χ0n) is 10.1. The van der Waals surface area contributed by atoms with Crippen LogP contribution in [0.2, 0.25) is 0 Å². The van der Waals surface area contributed by atoms with Gasteiger partial charge < -0.3 is 5.73 Å². The van der Waals surface area contributed by atoms with Crippen LogP contribution in [0.1, 0.15) is 12.0 Å². The van der Waals surface area contributed by atoms with Gasteiger partial charge in [-0.15, -0.1) is 30.7 Å². The number of nitrogens with two attached hydrogens (primary N) is 1. The van der Waals surface area contributed by atoms with Gasteiger partial charge in [0, 0.05) is 19.5 Å². The number of hydrogen-bond acceptors (Lipinski definition) is 2. The lowest BCUT2D eigenvalue weighted by atomic mass is 10.2. The summed E-state index contributed by atoms with van der Waals surface area (Å²) in [5.41, 5.74) is 6.67. The summed E-state index contributed by atoms with van der Waals surface area (Å²) < 4.78 is 0. The fourth-order valence-electron chi connectivity index (χ4n) is 1.30. The van der Waals surface area contributed by atoms with Crippen LogP contribution in [-0.4, -0.2) is 25.0 Å². The Kier molecular flexibility index (Phi) is 12.9. The minimum absolute atomic E-state index is 0. The highest BCUT2D eigenvalue weighted by Gasteiger charge is 1.96. The molecule has 2 N–H and O–H groups in total. The summed E-state index contributed by atoms with van der Waals surface area (Å²) in [6, 6.07) is 10.4. The first-order valence-electron chi connectivity index (χ1n) is 5.21. The molecule has 0 atom stereocenters. The van der Waals surface area contributed by atoms with Crippen molar-refractivity contribution in [3.63, 3.8) is 0 Å². The lowest BCUT2D eigenvalue weighted by molar-refractivity contribution is 0.369. The second-order valence-electron chi connectivity index (χ2n) is 3.55. The summed E-state index contributed by atoms with van der Waals surface area (Å²) in [6.45, 7) is 2.39. The molecule has 0 aromatic heterocycles. The summed E-state index contributed by atoms with van der Waals surface area (Å²) >= 11 is 0. The second kappa shape index (κ2) is 11.8. The van der Waals surface area contributed by atoms with Crippen molar-refractivity contribution < 1.29 is 0 Å². The van der Waals surface area contributed by atoms with Gasteiger partial charge in [0.05, 0.1) is 6.54 Å². The van der Waals surface area contributed by atoms with Crippen molar-refractivity contribution in [3.05, 3.63) is 35.9 Å². The number of benzene rings is 1. The van der Waals surface area contributed by atoms with Crippen molar-refractivity contribution in [2.75, 3.05) is 20.1 Å². The maximum Gasteiger partial charge on any atom is 0.0601 e. The van der Waals surface area contributed by atoms with E-state index in [1.165, 1.54) is 5.56 Å². The first kappa shape index (κ1) is 18.6. The molecule has 0 radical (unpaired) electrons. The Hall–Kier alpha value is -0.720. The van der Waals surface area contributed by atoms with E-state index in [9.17, 15) is 0 Å². The second-order valence-corrected chi connectivity index (χ2v) is 3.55. The maximum atomic E-state index is 5.35. The van der Waals surface area contributed by atoms with Crippen LogP contribution in [0.15, 0.2) is 30.3 Å². The fraction of sp³-hybridized carbons (Fsp3) is 0.385. The largest absolute Gasteiger partial charge is 0.330 e. The van der Waals surface area contributed by atoms with E-state index in [4.69, 9.17) is 5.73 Å². The van der Waals surface area contributed by atoms with Crippen molar-refractivity contribution in [2.24, 2.45) is 5.73 Å². The van der Waals surface area contributed by atoms with Crippen LogP contribution in [-0.2, 0) is 6.54 Å². The van der Waals surface area contributed by atoms with Crippen LogP contribution < -0.4 is 5.73 Å². The van der Waals surface area contributed by atoms with Crippen LogP contribution in [0, 0.1) is 11.8 Å². The quantitative estimate of drug-likeness (QED) is 0.854. The molecule has 0 aliphatic heterocycles. The van der Waals surface area contributed by atoms with E-state index in [-0.39, 0.29) is 24.8 Å². The van der Waals surface area contributed by atoms with Crippen molar-refractivity contribution in [1.82, 2.24) is 4.90 Å². The molecule has 0 aliphatic rings. The van der Waals surface area contributed by atoms with Gasteiger partial charge in [-0.1, -0.05) is 36.3 Å². The Balaban J connectivity index is 0. The Morgan fingerprint density at radius 2 is 1.76 bits per heavy atom. The van der Waals surface area contributed by atoms with E-state index in [0.717, 1.165) is 19.5 Å². The van der Waals surface area contributed by atoms with Gasteiger partial charge >= 0.3 is 0 Å². The minimum atomic E-state index is 0. The summed E-state index contributed by atoms with van der Waals surface area (Å²) in [5, 5.41) is 0. The number of hydrogen-bond donors (Lipinski definition) is 1. The van der Waals surface area contributed by atoms with Crippen molar-refractivity contribution in [1.29, 1.82) is 0 Å². The summed E-state index contributed by atoms with van der Waals surface area (Å²) in [5.74, 6) is 6.14. The molecular weight excluding hydrogens is 255 g/mol. The molecule has 0 fully saturated rings. The maximum absolute atomic E-state index is 5.35. The molecule has 1 aromatic carbocycles. The third-order valence-corrected chi connectivity index (χ3v) is 2.04. The highest BCUT2D eigenvalue weighted by atomic mass is 35.5. The monoisotopic (exact) mass is 274 g/mol. The van der Waals surface area contributed by atoms with Gasteiger partial charge in [-0.25, -0.2) is 0 Å². The van der Waals surface area contributed by atoms with Gasteiger partial charge in [0.15, 0.2) is 0 Å². The van der Waals surface area contributed by atoms with E-state index in [2.05, 4.69) is 48.1 Å². The average Bonchev–Trinajstić information content (AvgIpc) is 2.26. The van der Waals surface area contributed by atoms with Crippen LogP contribution in [0.5, 0.6) is 0 Å². The van der Waals surface area contributed by atoms with Gasteiger partial charge in [-0.05, 0) is 12.6 Å². The molecule has 1 rings (SSSR count). The smallest absolute Gasteiger partial charge is 0.0601 e. The van der Waals surface area contributed by atoms with Gasteiger partial charge in [0.25, 0.3) is 0 Å². The molecular formula is C13H20Cl2N2. The molecule has 1 aromatic rings. The summed E-state index contributed by atoms with van der Waals surface area (Å²) in [6.07, 6.45) is 0.791. The normalized spacial score (nSPS) is 8.65. The number of rotatable bonds is 4. The minimum Gasteiger partial charge on any atom is -0.330 e. The summed E-state index contributed by atoms with van der Waals surface area (Å²) in [7, 11) is 2.07. The van der Waals surface area contributed by atoms with Crippen molar-refractivity contribution in [3.8, 4) is 11.8 Å². The first-order valence-corrected chi connectivity index (χ1v) is 5.21. The molecule has 17 heavy (non-hydrogen) atoms. The number of nitrogens with zero attached hydrogens (tertiary/aromatic N) is 1. The molecule has 0 unspecified atom stereocenters. The van der Waals surface area contributed by atoms with Crippen LogP contribution in [0.25, 0.3) is 0 Å². The lowest BCUT2D eigenvalue weighted by Crippen LogP contribution is -2.17. The Morgan fingerprint density at radius 3 is 2.35 bits per heavy atom. The van der Waals surface area contributed by atoms with Gasteiger partial charge in [-0.3, -0.25) is 4.90 Å². The predicted octanol–water partition coefficient (Wildman–Crippen LogP) is 2.31. The van der Waals surface area contributed by atoms with E-state index in [1.54, 1.807) is 0 Å². The third-order valence-electron chi connectivity index (χ3n) is 2.04. The molecule has 0 spiro atoms. The highest BCUT2D eigenvalue weighted by molar-refractivity contribution is 5.85. The van der Waals surface area contributed by atoms with Crippen LogP contribution >= 0.6 is 24.8 Å². The first-order chi connectivity index (χ1) is 7.33. The van der Waals surface area contributed by atoms with Crippen LogP contribution in [0.3, 0.4) is 0 Å². The highest BCUT2D eigenvalue weighted by Crippen LogP contribution is 2.01. The average molecular weight is 275 g/mol. The zero-order valence-corrected chi connectivity index (χ0v) is 11.7. The predicted molar refractivity (Wildman–Crippen MR) is 78.7 cm³/mol. The summed E-state index contributed by atoms with van der Waals surface area (Å²) in [4.78, 5) is 2.19. The van der Waals surface area contributed by atoms with Gasteiger partial charge in [0.1, 0.15) is 0 Å². The SMILES string of the molecule is CN(CC#CCCN)Cc1ccccc1.Cl.Cl. The van der Waals surface area contributed by atoms with Gasteiger partial charge in [0.2, 0.25) is 0 Å².